The highest BCUT2D eigenvalue weighted by atomic mass is 32.1. The van der Waals surface area contributed by atoms with Gasteiger partial charge in [0.2, 0.25) is 5.91 Å². The van der Waals surface area contributed by atoms with Gasteiger partial charge in [-0.3, -0.25) is 4.79 Å². The maximum atomic E-state index is 12.6. The number of fused-ring (bicyclic) bond motifs is 1. The average Bonchev–Trinajstić information content (AvgIpc) is 2.95. The minimum atomic E-state index is -0.534. The van der Waals surface area contributed by atoms with E-state index in [2.05, 4.69) is 10.3 Å². The molecule has 25 heavy (non-hydrogen) atoms. The molecule has 1 atom stereocenters. The summed E-state index contributed by atoms with van der Waals surface area (Å²) in [6.07, 6.45) is 1.19. The van der Waals surface area contributed by atoms with Crippen molar-refractivity contribution in [2.75, 3.05) is 18.4 Å². The topological polar surface area (TPSA) is 71.5 Å². The van der Waals surface area contributed by atoms with Crippen LogP contribution in [0.15, 0.2) is 24.3 Å². The molecule has 134 valence electrons. The number of aromatic nitrogens is 1. The number of likely N-dealkylation sites (tertiary alicyclic amines) is 1. The molecule has 2 amide bonds. The third kappa shape index (κ3) is 4.48. The van der Waals surface area contributed by atoms with Crippen molar-refractivity contribution >= 4 is 38.7 Å². The molecule has 1 aromatic carbocycles. The third-order valence-electron chi connectivity index (χ3n) is 3.97. The lowest BCUT2D eigenvalue weighted by molar-refractivity contribution is -0.121. The number of amides is 2. The molecule has 0 saturated carbocycles. The van der Waals surface area contributed by atoms with Crippen molar-refractivity contribution in [3.8, 4) is 0 Å². The van der Waals surface area contributed by atoms with Crippen LogP contribution in [0.3, 0.4) is 0 Å². The van der Waals surface area contributed by atoms with E-state index in [1.807, 2.05) is 45.0 Å². The molecule has 1 aliphatic heterocycles. The maximum absolute atomic E-state index is 12.6. The number of hydrogen-bond acceptors (Lipinski definition) is 5. The Hall–Kier alpha value is -2.15. The first kappa shape index (κ1) is 17.7. The van der Waals surface area contributed by atoms with Crippen LogP contribution < -0.4 is 5.32 Å². The molecule has 0 radical (unpaired) electrons. The van der Waals surface area contributed by atoms with Crippen LogP contribution >= 0.6 is 11.3 Å². The lowest BCUT2D eigenvalue weighted by Gasteiger charge is -2.33. The van der Waals surface area contributed by atoms with Crippen molar-refractivity contribution in [2.24, 2.45) is 5.92 Å². The number of carbonyl (C=O) groups excluding carboxylic acids is 2. The smallest absolute Gasteiger partial charge is 0.410 e. The minimum Gasteiger partial charge on any atom is -0.444 e. The van der Waals surface area contributed by atoms with Gasteiger partial charge in [0.25, 0.3) is 0 Å². The molecular formula is C18H23N3O3S. The van der Waals surface area contributed by atoms with Crippen molar-refractivity contribution < 1.29 is 14.3 Å². The summed E-state index contributed by atoms with van der Waals surface area (Å²) < 4.78 is 6.45. The largest absolute Gasteiger partial charge is 0.444 e. The molecule has 1 aliphatic rings. The molecule has 1 aromatic heterocycles. The van der Waals surface area contributed by atoms with Crippen LogP contribution in [0.4, 0.5) is 9.93 Å². The number of ether oxygens (including phenoxy) is 1. The lowest BCUT2D eigenvalue weighted by atomic mass is 9.97. The third-order valence-corrected chi connectivity index (χ3v) is 4.92. The van der Waals surface area contributed by atoms with E-state index in [9.17, 15) is 9.59 Å². The van der Waals surface area contributed by atoms with Crippen LogP contribution in [0.2, 0.25) is 0 Å². The number of para-hydroxylation sites is 1. The molecule has 0 unspecified atom stereocenters. The van der Waals surface area contributed by atoms with Crippen LogP contribution in [0.1, 0.15) is 33.6 Å². The van der Waals surface area contributed by atoms with Gasteiger partial charge in [-0.05, 0) is 45.7 Å². The monoisotopic (exact) mass is 361 g/mol. The van der Waals surface area contributed by atoms with Gasteiger partial charge in [-0.1, -0.05) is 23.5 Å². The fraction of sp³-hybridized carbons (Fsp3) is 0.500. The fourth-order valence-electron chi connectivity index (χ4n) is 2.82. The summed E-state index contributed by atoms with van der Waals surface area (Å²) in [6.45, 7) is 6.52. The zero-order valence-electron chi connectivity index (χ0n) is 14.7. The van der Waals surface area contributed by atoms with E-state index >= 15 is 0 Å². The zero-order valence-corrected chi connectivity index (χ0v) is 15.6. The van der Waals surface area contributed by atoms with Gasteiger partial charge in [0.15, 0.2) is 5.13 Å². The van der Waals surface area contributed by atoms with Gasteiger partial charge in [0.1, 0.15) is 5.60 Å². The molecule has 0 bridgehead atoms. The molecule has 1 N–H and O–H groups in total. The first-order chi connectivity index (χ1) is 11.8. The van der Waals surface area contributed by atoms with Crippen LogP contribution in [-0.2, 0) is 9.53 Å². The van der Waals surface area contributed by atoms with Gasteiger partial charge >= 0.3 is 6.09 Å². The number of nitrogens with zero attached hydrogens (tertiary/aromatic N) is 2. The Morgan fingerprint density at radius 1 is 1.32 bits per heavy atom. The van der Waals surface area contributed by atoms with E-state index in [-0.39, 0.29) is 17.9 Å². The van der Waals surface area contributed by atoms with E-state index in [1.54, 1.807) is 4.90 Å². The number of nitrogens with one attached hydrogen (secondary N) is 1. The predicted octanol–water partition coefficient (Wildman–Crippen LogP) is 3.88. The Morgan fingerprint density at radius 3 is 2.80 bits per heavy atom. The van der Waals surface area contributed by atoms with Gasteiger partial charge in [-0.2, -0.15) is 0 Å². The van der Waals surface area contributed by atoms with Crippen LogP contribution in [-0.4, -0.2) is 40.6 Å². The van der Waals surface area contributed by atoms with Crippen LogP contribution in [0.5, 0.6) is 0 Å². The first-order valence-corrected chi connectivity index (χ1v) is 9.28. The number of anilines is 1. The molecule has 1 saturated heterocycles. The second kappa shape index (κ2) is 7.00. The van der Waals surface area contributed by atoms with Crippen molar-refractivity contribution in [3.63, 3.8) is 0 Å². The molecule has 2 heterocycles. The molecule has 2 aromatic rings. The van der Waals surface area contributed by atoms with Gasteiger partial charge < -0.3 is 15.0 Å². The Balaban J connectivity index is 1.62. The predicted molar refractivity (Wildman–Crippen MR) is 98.8 cm³/mol. The standard InChI is InChI=1S/C18H23N3O3S/c1-18(2,3)24-17(23)21-10-6-7-12(11-21)15(22)20-16-19-13-8-4-5-9-14(13)25-16/h4-5,8-9,12H,6-7,10-11H2,1-3H3,(H,19,20,22)/t12-/m0/s1. The zero-order chi connectivity index (χ0) is 18.0. The molecule has 1 fully saturated rings. The Morgan fingerprint density at radius 2 is 2.08 bits per heavy atom. The summed E-state index contributed by atoms with van der Waals surface area (Å²) in [5.74, 6) is -0.333. The Bertz CT molecular complexity index is 748. The quantitative estimate of drug-likeness (QED) is 0.881. The second-order valence-electron chi connectivity index (χ2n) is 7.24. The van der Waals surface area contributed by atoms with Crippen molar-refractivity contribution in [2.45, 2.75) is 39.2 Å². The fourth-order valence-corrected chi connectivity index (χ4v) is 3.69. The molecule has 6 nitrogen and oxygen atoms in total. The van der Waals surface area contributed by atoms with Gasteiger partial charge in [-0.15, -0.1) is 0 Å². The summed E-state index contributed by atoms with van der Waals surface area (Å²) in [6, 6.07) is 7.78. The van der Waals surface area contributed by atoms with Gasteiger partial charge in [0.05, 0.1) is 16.1 Å². The van der Waals surface area contributed by atoms with E-state index < -0.39 is 5.60 Å². The Labute approximate surface area is 151 Å². The van der Waals surface area contributed by atoms with Crippen LogP contribution in [0.25, 0.3) is 10.2 Å². The number of carbonyl (C=O) groups is 2. The SMILES string of the molecule is CC(C)(C)OC(=O)N1CCC[C@H](C(=O)Nc2nc3ccccc3s2)C1. The molecule has 0 spiro atoms. The van der Waals surface area contributed by atoms with E-state index in [0.29, 0.717) is 18.2 Å². The lowest BCUT2D eigenvalue weighted by Crippen LogP contribution is -2.45. The van der Waals surface area contributed by atoms with Crippen molar-refractivity contribution in [1.82, 2.24) is 9.88 Å². The second-order valence-corrected chi connectivity index (χ2v) is 8.27. The molecule has 7 heteroatoms. The molecular weight excluding hydrogens is 338 g/mol. The molecule has 0 aliphatic carbocycles. The summed E-state index contributed by atoms with van der Waals surface area (Å²) in [7, 11) is 0. The summed E-state index contributed by atoms with van der Waals surface area (Å²) in [4.78, 5) is 30.8. The number of thiazole rings is 1. The van der Waals surface area contributed by atoms with Gasteiger partial charge in [0, 0.05) is 13.1 Å². The summed E-state index contributed by atoms with van der Waals surface area (Å²) in [5, 5.41) is 3.50. The number of hydrogen-bond donors (Lipinski definition) is 1. The highest BCUT2D eigenvalue weighted by Gasteiger charge is 2.31. The first-order valence-electron chi connectivity index (χ1n) is 8.46. The van der Waals surface area contributed by atoms with Crippen molar-refractivity contribution in [1.29, 1.82) is 0 Å². The Kier molecular flexibility index (Phi) is 4.94. The summed E-state index contributed by atoms with van der Waals surface area (Å²) in [5.41, 5.74) is 0.342. The highest BCUT2D eigenvalue weighted by molar-refractivity contribution is 7.22. The van der Waals surface area contributed by atoms with E-state index in [4.69, 9.17) is 4.74 Å². The maximum Gasteiger partial charge on any atom is 0.410 e. The van der Waals surface area contributed by atoms with E-state index in [1.165, 1.54) is 11.3 Å². The minimum absolute atomic E-state index is 0.0904. The van der Waals surface area contributed by atoms with Crippen molar-refractivity contribution in [3.05, 3.63) is 24.3 Å². The number of benzene rings is 1. The van der Waals surface area contributed by atoms with E-state index in [0.717, 1.165) is 23.1 Å². The summed E-state index contributed by atoms with van der Waals surface area (Å²) >= 11 is 1.46. The van der Waals surface area contributed by atoms with Gasteiger partial charge in [-0.25, -0.2) is 9.78 Å². The number of piperidine rings is 1. The van der Waals surface area contributed by atoms with Crippen LogP contribution in [0, 0.1) is 5.92 Å². The average molecular weight is 361 g/mol. The normalized spacial score (nSPS) is 18.2. The number of rotatable bonds is 2. The highest BCUT2D eigenvalue weighted by Crippen LogP contribution is 2.27. The molecule has 3 rings (SSSR count).